The Bertz CT molecular complexity index is 580. The van der Waals surface area contributed by atoms with Crippen LogP contribution in [0.5, 0.6) is 5.75 Å². The van der Waals surface area contributed by atoms with Crippen LogP contribution >= 0.6 is 0 Å². The van der Waals surface area contributed by atoms with Gasteiger partial charge in [-0.2, -0.15) is 0 Å². The lowest BCUT2D eigenvalue weighted by Gasteiger charge is -2.27. The fourth-order valence-electron chi connectivity index (χ4n) is 2.63. The number of nitrogens with two attached hydrogens (primary N) is 1. The maximum atomic E-state index is 6.28. The first-order chi connectivity index (χ1) is 10.7. The van der Waals surface area contributed by atoms with E-state index >= 15 is 0 Å². The van der Waals surface area contributed by atoms with E-state index in [9.17, 15) is 0 Å². The first-order valence-corrected chi connectivity index (χ1v) is 7.92. The van der Waals surface area contributed by atoms with Crippen LogP contribution < -0.4 is 15.4 Å². The van der Waals surface area contributed by atoms with Crippen molar-refractivity contribution in [2.75, 3.05) is 18.6 Å². The van der Waals surface area contributed by atoms with Crippen LogP contribution in [0.25, 0.3) is 0 Å². The van der Waals surface area contributed by atoms with Gasteiger partial charge in [-0.3, -0.25) is 0 Å². The third-order valence-electron chi connectivity index (χ3n) is 4.03. The van der Waals surface area contributed by atoms with Gasteiger partial charge in [0.1, 0.15) is 5.75 Å². The third-order valence-corrected chi connectivity index (χ3v) is 4.03. The van der Waals surface area contributed by atoms with E-state index in [1.165, 1.54) is 16.8 Å². The highest BCUT2D eigenvalue weighted by Crippen LogP contribution is 2.28. The van der Waals surface area contributed by atoms with Crippen molar-refractivity contribution in [3.8, 4) is 5.75 Å². The molecule has 22 heavy (non-hydrogen) atoms. The minimum Gasteiger partial charge on any atom is -0.497 e. The fourth-order valence-corrected chi connectivity index (χ4v) is 2.63. The van der Waals surface area contributed by atoms with Crippen molar-refractivity contribution in [2.24, 2.45) is 5.73 Å². The molecule has 0 amide bonds. The van der Waals surface area contributed by atoms with E-state index in [1.807, 2.05) is 12.1 Å². The first-order valence-electron chi connectivity index (χ1n) is 7.92. The van der Waals surface area contributed by atoms with E-state index < -0.39 is 0 Å². The van der Waals surface area contributed by atoms with Crippen LogP contribution in [0.15, 0.2) is 48.5 Å². The van der Waals surface area contributed by atoms with Gasteiger partial charge >= 0.3 is 0 Å². The molecule has 118 valence electrons. The summed E-state index contributed by atoms with van der Waals surface area (Å²) < 4.78 is 5.22. The van der Waals surface area contributed by atoms with Crippen molar-refractivity contribution in [1.82, 2.24) is 0 Å². The molecule has 2 N–H and O–H groups in total. The second-order valence-corrected chi connectivity index (χ2v) is 5.44. The Labute approximate surface area is 133 Å². The van der Waals surface area contributed by atoms with Gasteiger partial charge in [0.05, 0.1) is 7.11 Å². The van der Waals surface area contributed by atoms with Gasteiger partial charge in [-0.05, 0) is 42.7 Å². The van der Waals surface area contributed by atoms with Crippen molar-refractivity contribution >= 4 is 5.69 Å². The van der Waals surface area contributed by atoms with E-state index in [1.54, 1.807) is 7.11 Å². The minimum atomic E-state index is 0.0844. The Hall–Kier alpha value is -2.00. The van der Waals surface area contributed by atoms with E-state index in [4.69, 9.17) is 10.5 Å². The SMILES string of the molecule is CCC(N)c1ccccc1N(CC)Cc1ccc(OC)cc1. The van der Waals surface area contributed by atoms with Crippen LogP contribution in [0.4, 0.5) is 5.69 Å². The Morgan fingerprint density at radius 3 is 2.32 bits per heavy atom. The first kappa shape index (κ1) is 16.4. The highest BCUT2D eigenvalue weighted by Gasteiger charge is 2.14. The van der Waals surface area contributed by atoms with E-state index in [2.05, 4.69) is 55.1 Å². The van der Waals surface area contributed by atoms with Gasteiger partial charge in [-0.25, -0.2) is 0 Å². The lowest BCUT2D eigenvalue weighted by Crippen LogP contribution is -2.25. The van der Waals surface area contributed by atoms with Crippen molar-refractivity contribution < 1.29 is 4.74 Å². The maximum absolute atomic E-state index is 6.28. The number of rotatable bonds is 7. The molecule has 0 aliphatic carbocycles. The molecule has 2 rings (SSSR count). The highest BCUT2D eigenvalue weighted by atomic mass is 16.5. The molecule has 0 heterocycles. The average Bonchev–Trinajstić information content (AvgIpc) is 2.59. The summed E-state index contributed by atoms with van der Waals surface area (Å²) in [4.78, 5) is 2.37. The molecule has 0 fully saturated rings. The molecule has 0 spiro atoms. The zero-order chi connectivity index (χ0) is 15.9. The second kappa shape index (κ2) is 7.85. The zero-order valence-corrected chi connectivity index (χ0v) is 13.8. The van der Waals surface area contributed by atoms with Gasteiger partial charge in [0.2, 0.25) is 0 Å². The Morgan fingerprint density at radius 2 is 1.73 bits per heavy atom. The van der Waals surface area contributed by atoms with Crippen LogP contribution in [0.2, 0.25) is 0 Å². The highest BCUT2D eigenvalue weighted by molar-refractivity contribution is 5.55. The topological polar surface area (TPSA) is 38.5 Å². The molecule has 0 radical (unpaired) electrons. The predicted octanol–water partition coefficient (Wildman–Crippen LogP) is 4.13. The Kier molecular flexibility index (Phi) is 5.84. The van der Waals surface area contributed by atoms with Crippen molar-refractivity contribution in [3.05, 3.63) is 59.7 Å². The fraction of sp³-hybridized carbons (Fsp3) is 0.368. The molecule has 0 saturated carbocycles. The Balaban J connectivity index is 2.24. The van der Waals surface area contributed by atoms with Crippen molar-refractivity contribution in [2.45, 2.75) is 32.9 Å². The molecular weight excluding hydrogens is 272 g/mol. The van der Waals surface area contributed by atoms with Gasteiger partial charge in [0.15, 0.2) is 0 Å². The summed E-state index contributed by atoms with van der Waals surface area (Å²) >= 11 is 0. The summed E-state index contributed by atoms with van der Waals surface area (Å²) in [5.41, 5.74) is 10.00. The van der Waals surface area contributed by atoms with Gasteiger partial charge in [-0.15, -0.1) is 0 Å². The molecule has 1 unspecified atom stereocenters. The van der Waals surface area contributed by atoms with E-state index in [0.29, 0.717) is 0 Å². The average molecular weight is 298 g/mol. The van der Waals surface area contributed by atoms with Crippen LogP contribution in [-0.4, -0.2) is 13.7 Å². The van der Waals surface area contributed by atoms with E-state index in [0.717, 1.165) is 25.3 Å². The van der Waals surface area contributed by atoms with Crippen LogP contribution in [0.3, 0.4) is 0 Å². The Morgan fingerprint density at radius 1 is 1.05 bits per heavy atom. The van der Waals surface area contributed by atoms with Gasteiger partial charge < -0.3 is 15.4 Å². The molecule has 0 aliphatic heterocycles. The second-order valence-electron chi connectivity index (χ2n) is 5.44. The standard InChI is InChI=1S/C19H26N2O/c1-4-18(20)17-8-6-7-9-19(17)21(5-2)14-15-10-12-16(22-3)13-11-15/h6-13,18H,4-5,14,20H2,1-3H3. The number of benzene rings is 2. The van der Waals surface area contributed by atoms with Crippen molar-refractivity contribution in [3.63, 3.8) is 0 Å². The number of anilines is 1. The molecule has 2 aromatic rings. The van der Waals surface area contributed by atoms with Crippen molar-refractivity contribution in [1.29, 1.82) is 0 Å². The lowest BCUT2D eigenvalue weighted by molar-refractivity contribution is 0.414. The van der Waals surface area contributed by atoms with Gasteiger partial charge in [0.25, 0.3) is 0 Å². The quantitative estimate of drug-likeness (QED) is 0.835. The molecule has 3 nitrogen and oxygen atoms in total. The van der Waals surface area contributed by atoms with Gasteiger partial charge in [0, 0.05) is 24.8 Å². The molecule has 0 aliphatic rings. The monoisotopic (exact) mass is 298 g/mol. The third kappa shape index (κ3) is 3.80. The molecule has 0 aromatic heterocycles. The summed E-state index contributed by atoms with van der Waals surface area (Å²) in [6.07, 6.45) is 0.942. The van der Waals surface area contributed by atoms with Crippen LogP contribution in [0.1, 0.15) is 37.4 Å². The molecule has 2 aromatic carbocycles. The largest absolute Gasteiger partial charge is 0.497 e. The molecular formula is C19H26N2O. The number of para-hydroxylation sites is 1. The number of nitrogens with zero attached hydrogens (tertiary/aromatic N) is 1. The van der Waals surface area contributed by atoms with E-state index in [-0.39, 0.29) is 6.04 Å². The lowest BCUT2D eigenvalue weighted by atomic mass is 10.0. The number of hydrogen-bond acceptors (Lipinski definition) is 3. The van der Waals surface area contributed by atoms with Crippen LogP contribution in [-0.2, 0) is 6.54 Å². The molecule has 1 atom stereocenters. The molecule has 3 heteroatoms. The van der Waals surface area contributed by atoms with Crippen LogP contribution in [0, 0.1) is 0 Å². The normalized spacial score (nSPS) is 12.0. The number of ether oxygens (including phenoxy) is 1. The summed E-state index contributed by atoms with van der Waals surface area (Å²) in [5, 5.41) is 0. The number of hydrogen-bond donors (Lipinski definition) is 1. The summed E-state index contributed by atoms with van der Waals surface area (Å²) in [6, 6.07) is 16.8. The summed E-state index contributed by atoms with van der Waals surface area (Å²) in [7, 11) is 1.69. The summed E-state index contributed by atoms with van der Waals surface area (Å²) in [6.45, 7) is 6.12. The smallest absolute Gasteiger partial charge is 0.118 e. The predicted molar refractivity (Wildman–Crippen MR) is 93.4 cm³/mol. The van der Waals surface area contributed by atoms with Gasteiger partial charge in [-0.1, -0.05) is 37.3 Å². The molecule has 0 saturated heterocycles. The summed E-state index contributed by atoms with van der Waals surface area (Å²) in [5.74, 6) is 0.889. The minimum absolute atomic E-state index is 0.0844. The number of methoxy groups -OCH3 is 1. The zero-order valence-electron chi connectivity index (χ0n) is 13.8. The molecule has 0 bridgehead atoms. The maximum Gasteiger partial charge on any atom is 0.118 e.